The molecule has 6 heteroatoms. The fraction of sp³-hybridized carbons (Fsp3) is 0.833. The van der Waals surface area contributed by atoms with Gasteiger partial charge < -0.3 is 20.1 Å². The number of ether oxygens (including phenoxy) is 1. The summed E-state index contributed by atoms with van der Waals surface area (Å²) in [6.07, 6.45) is 2.08. The van der Waals surface area contributed by atoms with E-state index in [1.165, 1.54) is 0 Å². The number of hydrogen-bond donors (Lipinski definition) is 2. The molecule has 0 saturated carbocycles. The number of likely N-dealkylation sites (tertiary alicyclic amines) is 1. The van der Waals surface area contributed by atoms with Gasteiger partial charge >= 0.3 is 6.09 Å². The topological polar surface area (TPSA) is 78.9 Å². The second-order valence-corrected chi connectivity index (χ2v) is 4.35. The van der Waals surface area contributed by atoms with Gasteiger partial charge in [0.2, 0.25) is 5.91 Å². The van der Waals surface area contributed by atoms with Crippen molar-refractivity contribution >= 4 is 12.0 Å². The molecular weight excluding hydrogens is 236 g/mol. The molecule has 104 valence electrons. The molecule has 0 aliphatic carbocycles. The molecule has 0 aromatic rings. The molecule has 2 amide bonds. The zero-order chi connectivity index (χ0) is 13.4. The number of piperidine rings is 1. The number of nitrogens with one attached hydrogen (secondary N) is 1. The van der Waals surface area contributed by atoms with Crippen LogP contribution in [0.5, 0.6) is 0 Å². The van der Waals surface area contributed by atoms with Gasteiger partial charge in [0.25, 0.3) is 0 Å². The zero-order valence-electron chi connectivity index (χ0n) is 10.9. The van der Waals surface area contributed by atoms with Crippen LogP contribution < -0.4 is 5.32 Å². The Labute approximate surface area is 107 Å². The maximum absolute atomic E-state index is 11.5. The molecule has 0 radical (unpaired) electrons. The summed E-state index contributed by atoms with van der Waals surface area (Å²) in [4.78, 5) is 24.6. The molecule has 0 spiro atoms. The van der Waals surface area contributed by atoms with Crippen LogP contribution >= 0.6 is 0 Å². The third kappa shape index (κ3) is 4.91. The molecular formula is C12H22N2O4. The van der Waals surface area contributed by atoms with Crippen molar-refractivity contribution in [1.29, 1.82) is 0 Å². The van der Waals surface area contributed by atoms with Crippen molar-refractivity contribution in [1.82, 2.24) is 10.2 Å². The maximum atomic E-state index is 11.5. The summed E-state index contributed by atoms with van der Waals surface area (Å²) in [7, 11) is 0. The SMILES string of the molecule is CCOC(=O)N1CCC(NC(=O)CCCO)CC1. The van der Waals surface area contributed by atoms with Crippen LogP contribution in [0.4, 0.5) is 4.79 Å². The van der Waals surface area contributed by atoms with Gasteiger partial charge in [-0.1, -0.05) is 0 Å². The van der Waals surface area contributed by atoms with E-state index in [9.17, 15) is 9.59 Å². The van der Waals surface area contributed by atoms with Crippen molar-refractivity contribution in [2.24, 2.45) is 0 Å². The Morgan fingerprint density at radius 1 is 1.39 bits per heavy atom. The normalized spacial score (nSPS) is 16.4. The number of aliphatic hydroxyl groups is 1. The molecule has 1 saturated heterocycles. The minimum absolute atomic E-state index is 0.0290. The van der Waals surface area contributed by atoms with E-state index in [0.717, 1.165) is 12.8 Å². The highest BCUT2D eigenvalue weighted by Gasteiger charge is 2.24. The van der Waals surface area contributed by atoms with Crippen LogP contribution in [0, 0.1) is 0 Å². The first-order chi connectivity index (χ1) is 8.67. The molecule has 0 aromatic heterocycles. The van der Waals surface area contributed by atoms with Crippen molar-refractivity contribution < 1.29 is 19.4 Å². The highest BCUT2D eigenvalue weighted by molar-refractivity contribution is 5.76. The summed E-state index contributed by atoms with van der Waals surface area (Å²) in [6, 6.07) is 0.127. The van der Waals surface area contributed by atoms with Gasteiger partial charge in [0.15, 0.2) is 0 Å². The molecule has 1 rings (SSSR count). The van der Waals surface area contributed by atoms with E-state index < -0.39 is 0 Å². The molecule has 1 fully saturated rings. The zero-order valence-corrected chi connectivity index (χ0v) is 10.9. The monoisotopic (exact) mass is 258 g/mol. The van der Waals surface area contributed by atoms with E-state index >= 15 is 0 Å². The second kappa shape index (κ2) is 7.92. The summed E-state index contributed by atoms with van der Waals surface area (Å²) in [5.74, 6) is -0.0290. The van der Waals surface area contributed by atoms with Crippen molar-refractivity contribution in [2.75, 3.05) is 26.3 Å². The molecule has 6 nitrogen and oxygen atoms in total. The van der Waals surface area contributed by atoms with E-state index in [4.69, 9.17) is 9.84 Å². The lowest BCUT2D eigenvalue weighted by Crippen LogP contribution is -2.46. The van der Waals surface area contributed by atoms with Crippen LogP contribution in [0.3, 0.4) is 0 Å². The Morgan fingerprint density at radius 2 is 2.06 bits per heavy atom. The standard InChI is InChI=1S/C12H22N2O4/c1-2-18-12(17)14-7-5-10(6-8-14)13-11(16)4-3-9-15/h10,15H,2-9H2,1H3,(H,13,16). The Balaban J connectivity index is 2.22. The minimum Gasteiger partial charge on any atom is -0.450 e. The summed E-state index contributed by atoms with van der Waals surface area (Å²) in [5.41, 5.74) is 0. The minimum atomic E-state index is -0.275. The van der Waals surface area contributed by atoms with E-state index in [1.54, 1.807) is 11.8 Å². The predicted octanol–water partition coefficient (Wildman–Crippen LogP) is 0.496. The molecule has 0 atom stereocenters. The van der Waals surface area contributed by atoms with Crippen LogP contribution in [0.1, 0.15) is 32.6 Å². The van der Waals surface area contributed by atoms with Crippen molar-refractivity contribution in [3.8, 4) is 0 Å². The van der Waals surface area contributed by atoms with Gasteiger partial charge in [-0.3, -0.25) is 4.79 Å². The van der Waals surface area contributed by atoms with Crippen molar-refractivity contribution in [2.45, 2.75) is 38.6 Å². The lowest BCUT2D eigenvalue weighted by molar-refractivity contribution is -0.122. The van der Waals surface area contributed by atoms with Crippen LogP contribution in [0.2, 0.25) is 0 Å². The molecule has 18 heavy (non-hydrogen) atoms. The highest BCUT2D eigenvalue weighted by atomic mass is 16.6. The first kappa shape index (κ1) is 14.8. The number of carbonyl (C=O) groups excluding carboxylic acids is 2. The molecule has 1 aliphatic rings. The van der Waals surface area contributed by atoms with Gasteiger partial charge in [-0.25, -0.2) is 4.79 Å². The largest absolute Gasteiger partial charge is 0.450 e. The van der Waals surface area contributed by atoms with Gasteiger partial charge in [0, 0.05) is 32.2 Å². The second-order valence-electron chi connectivity index (χ2n) is 4.35. The molecule has 1 heterocycles. The average Bonchev–Trinajstić information content (AvgIpc) is 2.37. The van der Waals surface area contributed by atoms with Crippen LogP contribution in [-0.2, 0) is 9.53 Å². The Hall–Kier alpha value is -1.30. The van der Waals surface area contributed by atoms with E-state index in [1.807, 2.05) is 0 Å². The fourth-order valence-corrected chi connectivity index (χ4v) is 1.96. The predicted molar refractivity (Wildman–Crippen MR) is 66.1 cm³/mol. The third-order valence-electron chi connectivity index (χ3n) is 2.95. The number of amides is 2. The first-order valence-corrected chi connectivity index (χ1v) is 6.49. The third-order valence-corrected chi connectivity index (χ3v) is 2.95. The van der Waals surface area contributed by atoms with Crippen molar-refractivity contribution in [3.63, 3.8) is 0 Å². The first-order valence-electron chi connectivity index (χ1n) is 6.49. The smallest absolute Gasteiger partial charge is 0.409 e. The molecule has 0 aromatic carbocycles. The van der Waals surface area contributed by atoms with Gasteiger partial charge in [0.05, 0.1) is 6.61 Å². The maximum Gasteiger partial charge on any atom is 0.409 e. The van der Waals surface area contributed by atoms with Gasteiger partial charge in [-0.2, -0.15) is 0 Å². The van der Waals surface area contributed by atoms with E-state index in [-0.39, 0.29) is 24.6 Å². The molecule has 0 bridgehead atoms. The molecule has 0 unspecified atom stereocenters. The number of hydrogen-bond acceptors (Lipinski definition) is 4. The summed E-state index contributed by atoms with van der Waals surface area (Å²) in [5, 5.41) is 11.5. The molecule has 1 aliphatic heterocycles. The number of carbonyl (C=O) groups is 2. The van der Waals surface area contributed by atoms with E-state index in [0.29, 0.717) is 32.5 Å². The number of nitrogens with zero attached hydrogens (tertiary/aromatic N) is 1. The van der Waals surface area contributed by atoms with Gasteiger partial charge in [0.1, 0.15) is 0 Å². The summed E-state index contributed by atoms with van der Waals surface area (Å²) < 4.78 is 4.92. The Kier molecular flexibility index (Phi) is 6.49. The number of rotatable bonds is 5. The number of aliphatic hydroxyl groups excluding tert-OH is 1. The highest BCUT2D eigenvalue weighted by Crippen LogP contribution is 2.11. The quantitative estimate of drug-likeness (QED) is 0.752. The van der Waals surface area contributed by atoms with Gasteiger partial charge in [-0.15, -0.1) is 0 Å². The Bertz CT molecular complexity index is 275. The lowest BCUT2D eigenvalue weighted by atomic mass is 10.1. The summed E-state index contributed by atoms with van der Waals surface area (Å²) in [6.45, 7) is 3.44. The van der Waals surface area contributed by atoms with Gasteiger partial charge in [-0.05, 0) is 26.2 Å². The average molecular weight is 258 g/mol. The fourth-order valence-electron chi connectivity index (χ4n) is 1.96. The van der Waals surface area contributed by atoms with E-state index in [2.05, 4.69) is 5.32 Å². The summed E-state index contributed by atoms with van der Waals surface area (Å²) >= 11 is 0. The molecule has 2 N–H and O–H groups in total. The van der Waals surface area contributed by atoms with Crippen LogP contribution in [0.15, 0.2) is 0 Å². The lowest BCUT2D eigenvalue weighted by Gasteiger charge is -2.31. The van der Waals surface area contributed by atoms with Crippen LogP contribution in [-0.4, -0.2) is 54.4 Å². The van der Waals surface area contributed by atoms with Crippen LogP contribution in [0.25, 0.3) is 0 Å². The van der Waals surface area contributed by atoms with Crippen molar-refractivity contribution in [3.05, 3.63) is 0 Å². The Morgan fingerprint density at radius 3 is 2.61 bits per heavy atom.